The predicted octanol–water partition coefficient (Wildman–Crippen LogP) is 1.49. The summed E-state index contributed by atoms with van der Waals surface area (Å²) in [4.78, 5) is 0. The second-order valence-electron chi connectivity index (χ2n) is 2.14. The third-order valence-corrected chi connectivity index (χ3v) is 3.64. The molecule has 0 aromatic rings. The van der Waals surface area contributed by atoms with E-state index in [4.69, 9.17) is 4.43 Å². The van der Waals surface area contributed by atoms with Gasteiger partial charge in [-0.3, -0.25) is 0 Å². The summed E-state index contributed by atoms with van der Waals surface area (Å²) in [5, 5.41) is 0. The molecule has 0 radical (unpaired) electrons. The second kappa shape index (κ2) is 3.05. The Morgan fingerprint density at radius 2 is 2.50 bits per heavy atom. The first kappa shape index (κ1) is 6.04. The number of hydrogen-bond donors (Lipinski definition) is 0. The highest BCUT2D eigenvalue weighted by Gasteiger charge is 2.10. The van der Waals surface area contributed by atoms with E-state index in [1.807, 2.05) is 5.70 Å². The maximum Gasteiger partial charge on any atom is 0.200 e. The lowest BCUT2D eigenvalue weighted by molar-refractivity contribution is 0.294. The van der Waals surface area contributed by atoms with Crippen LogP contribution in [-0.2, 0) is 4.43 Å². The largest absolute Gasteiger partial charge is 0.416 e. The Hall–Kier alpha value is -0.0831. The molecule has 1 atom stereocenters. The molecule has 0 bridgehead atoms. The molecule has 1 unspecified atom stereocenters. The SMILES string of the molecule is C=C[SiH]1CCCCO1.[HH]. The molecule has 0 aromatic heterocycles. The summed E-state index contributed by atoms with van der Waals surface area (Å²) in [5.41, 5.74) is 2.03. The van der Waals surface area contributed by atoms with E-state index in [9.17, 15) is 0 Å². The van der Waals surface area contributed by atoms with Gasteiger partial charge in [0.05, 0.1) is 0 Å². The molecule has 8 heavy (non-hydrogen) atoms. The molecule has 1 aliphatic rings. The topological polar surface area (TPSA) is 9.23 Å². The molecular formula is C6H14OSi. The second-order valence-corrected chi connectivity index (χ2v) is 4.60. The normalized spacial score (nSPS) is 29.8. The highest BCUT2D eigenvalue weighted by atomic mass is 28.3. The Bertz CT molecular complexity index is 81.1. The third kappa shape index (κ3) is 1.45. The third-order valence-electron chi connectivity index (χ3n) is 1.48. The molecule has 0 amide bonds. The van der Waals surface area contributed by atoms with Crippen molar-refractivity contribution in [3.63, 3.8) is 0 Å². The van der Waals surface area contributed by atoms with E-state index in [1.54, 1.807) is 0 Å². The van der Waals surface area contributed by atoms with Crippen LogP contribution in [0.3, 0.4) is 0 Å². The van der Waals surface area contributed by atoms with Gasteiger partial charge in [0.25, 0.3) is 0 Å². The van der Waals surface area contributed by atoms with Crippen LogP contribution in [0.2, 0.25) is 6.04 Å². The molecule has 0 saturated carbocycles. The van der Waals surface area contributed by atoms with Crippen molar-refractivity contribution in [1.82, 2.24) is 0 Å². The summed E-state index contributed by atoms with van der Waals surface area (Å²) < 4.78 is 5.45. The summed E-state index contributed by atoms with van der Waals surface area (Å²) in [6, 6.07) is 1.31. The van der Waals surface area contributed by atoms with Crippen molar-refractivity contribution in [3.8, 4) is 0 Å². The summed E-state index contributed by atoms with van der Waals surface area (Å²) in [6.07, 6.45) is 2.63. The van der Waals surface area contributed by atoms with Crippen molar-refractivity contribution in [2.24, 2.45) is 0 Å². The lowest BCUT2D eigenvalue weighted by atomic mass is 10.4. The van der Waals surface area contributed by atoms with Crippen LogP contribution in [-0.4, -0.2) is 15.6 Å². The van der Waals surface area contributed by atoms with Gasteiger partial charge in [0.2, 0.25) is 9.04 Å². The van der Waals surface area contributed by atoms with Crippen LogP contribution in [0.25, 0.3) is 0 Å². The minimum Gasteiger partial charge on any atom is -0.416 e. The van der Waals surface area contributed by atoms with E-state index in [2.05, 4.69) is 6.58 Å². The number of rotatable bonds is 1. The van der Waals surface area contributed by atoms with Gasteiger partial charge in [-0.05, 0) is 12.5 Å². The molecule has 0 aliphatic carbocycles. The molecule has 1 nitrogen and oxygen atoms in total. The maximum absolute atomic E-state index is 5.45. The standard InChI is InChI=1S/C6H12OSi.H2/c1-2-8-6-4-3-5-7-8;/h2,8H,1,3-6H2;1H. The Morgan fingerprint density at radius 1 is 1.62 bits per heavy atom. The van der Waals surface area contributed by atoms with Crippen LogP contribution in [0, 0.1) is 0 Å². The first-order valence-electron chi connectivity index (χ1n) is 3.17. The average molecular weight is 130 g/mol. The first-order valence-corrected chi connectivity index (χ1v) is 5.13. The summed E-state index contributed by atoms with van der Waals surface area (Å²) in [6.45, 7) is 4.71. The van der Waals surface area contributed by atoms with Crippen molar-refractivity contribution < 1.29 is 5.85 Å². The van der Waals surface area contributed by atoms with Gasteiger partial charge in [0.1, 0.15) is 0 Å². The average Bonchev–Trinajstić information content (AvgIpc) is 1.90. The summed E-state index contributed by atoms with van der Waals surface area (Å²) in [5.74, 6) is 0. The highest BCUT2D eigenvalue weighted by Crippen LogP contribution is 2.10. The predicted molar refractivity (Wildman–Crippen MR) is 39.5 cm³/mol. The van der Waals surface area contributed by atoms with Crippen LogP contribution in [0.1, 0.15) is 14.3 Å². The van der Waals surface area contributed by atoms with Crippen molar-refractivity contribution in [2.75, 3.05) is 6.61 Å². The lowest BCUT2D eigenvalue weighted by Gasteiger charge is -2.16. The van der Waals surface area contributed by atoms with Crippen molar-refractivity contribution in [1.29, 1.82) is 0 Å². The fourth-order valence-electron chi connectivity index (χ4n) is 0.952. The van der Waals surface area contributed by atoms with Gasteiger partial charge >= 0.3 is 0 Å². The first-order chi connectivity index (χ1) is 3.93. The van der Waals surface area contributed by atoms with Crippen LogP contribution in [0.5, 0.6) is 0 Å². The molecule has 2 heteroatoms. The quantitative estimate of drug-likeness (QED) is 0.489. The monoisotopic (exact) mass is 130 g/mol. The van der Waals surface area contributed by atoms with E-state index in [1.165, 1.54) is 18.9 Å². The fourth-order valence-corrected chi connectivity index (χ4v) is 2.65. The summed E-state index contributed by atoms with van der Waals surface area (Å²) >= 11 is 0. The molecular weight excluding hydrogens is 116 g/mol. The molecule has 1 saturated heterocycles. The molecule has 0 aromatic carbocycles. The van der Waals surface area contributed by atoms with Gasteiger partial charge in [0.15, 0.2) is 0 Å². The van der Waals surface area contributed by atoms with Crippen LogP contribution < -0.4 is 0 Å². The van der Waals surface area contributed by atoms with Gasteiger partial charge in [-0.25, -0.2) is 0 Å². The van der Waals surface area contributed by atoms with E-state index in [0.717, 1.165) is 6.61 Å². The smallest absolute Gasteiger partial charge is 0.200 e. The van der Waals surface area contributed by atoms with Gasteiger partial charge < -0.3 is 4.43 Å². The van der Waals surface area contributed by atoms with Gasteiger partial charge in [0, 0.05) is 8.03 Å². The Balaban J connectivity index is 0.000000640. The summed E-state index contributed by atoms with van der Waals surface area (Å²) in [7, 11) is -0.841. The molecule has 0 spiro atoms. The van der Waals surface area contributed by atoms with Crippen molar-refractivity contribution in [3.05, 3.63) is 12.3 Å². The Morgan fingerprint density at radius 3 is 2.88 bits per heavy atom. The molecule has 1 rings (SSSR count). The molecule has 48 valence electrons. The Labute approximate surface area is 53.6 Å². The molecule has 1 fully saturated rings. The Kier molecular flexibility index (Phi) is 2.30. The zero-order valence-corrected chi connectivity index (χ0v) is 6.25. The van der Waals surface area contributed by atoms with Gasteiger partial charge in [-0.2, -0.15) is 0 Å². The molecule has 0 N–H and O–H groups in total. The zero-order chi connectivity index (χ0) is 5.82. The van der Waals surface area contributed by atoms with Crippen LogP contribution in [0.4, 0.5) is 0 Å². The number of hydrogen-bond acceptors (Lipinski definition) is 1. The van der Waals surface area contributed by atoms with Crippen LogP contribution >= 0.6 is 0 Å². The van der Waals surface area contributed by atoms with Crippen molar-refractivity contribution in [2.45, 2.75) is 18.9 Å². The van der Waals surface area contributed by atoms with E-state index in [0.29, 0.717) is 0 Å². The maximum atomic E-state index is 5.45. The van der Waals surface area contributed by atoms with Gasteiger partial charge in [-0.1, -0.05) is 12.1 Å². The van der Waals surface area contributed by atoms with Gasteiger partial charge in [-0.15, -0.1) is 6.58 Å². The zero-order valence-electron chi connectivity index (χ0n) is 5.10. The highest BCUT2D eigenvalue weighted by molar-refractivity contribution is 6.57. The van der Waals surface area contributed by atoms with Crippen LogP contribution in [0.15, 0.2) is 12.3 Å². The van der Waals surface area contributed by atoms with E-state index >= 15 is 0 Å². The van der Waals surface area contributed by atoms with Crippen molar-refractivity contribution >= 4 is 9.04 Å². The van der Waals surface area contributed by atoms with E-state index < -0.39 is 9.04 Å². The fraction of sp³-hybridized carbons (Fsp3) is 0.667. The minimum absolute atomic E-state index is 0. The minimum atomic E-state index is -0.841. The molecule has 1 aliphatic heterocycles. The van der Waals surface area contributed by atoms with E-state index in [-0.39, 0.29) is 1.43 Å². The molecule has 1 heterocycles. The lowest BCUT2D eigenvalue weighted by Crippen LogP contribution is -2.20.